The lowest BCUT2D eigenvalue weighted by molar-refractivity contribution is 1.38. The Morgan fingerprint density at radius 2 is 2.00 bits per heavy atom. The Hall–Kier alpha value is 0.420. The van der Waals surface area contributed by atoms with Gasteiger partial charge in [0.15, 0.2) is 0 Å². The highest BCUT2D eigenvalue weighted by atomic mass is 127. The van der Waals surface area contributed by atoms with E-state index in [1.807, 2.05) is 6.07 Å². The van der Waals surface area contributed by atoms with E-state index in [-0.39, 0.29) is 0 Å². The predicted molar refractivity (Wildman–Crippen MR) is 72.2 cm³/mol. The van der Waals surface area contributed by atoms with Gasteiger partial charge < -0.3 is 0 Å². The predicted octanol–water partition coefficient (Wildman–Crippen LogP) is 4.91. The average molecular weight is 403 g/mol. The fourth-order valence-electron chi connectivity index (χ4n) is 1.13. The van der Waals surface area contributed by atoms with Gasteiger partial charge in [0, 0.05) is 16.1 Å². The normalized spacial score (nSPS) is 10.9. The maximum Gasteiger partial charge on any atom is 0.0733 e. The third-order valence-corrected chi connectivity index (χ3v) is 4.54. The Morgan fingerprint density at radius 1 is 1.29 bits per heavy atom. The standard InChI is InChI=1S/C9H3BrCl2IN/c10-5-1-4-8(2-6(5)11)14-3-7(13)9(4)12/h1-3H. The van der Waals surface area contributed by atoms with Crippen molar-refractivity contribution in [3.05, 3.63) is 36.4 Å². The monoisotopic (exact) mass is 401 g/mol. The smallest absolute Gasteiger partial charge is 0.0733 e. The summed E-state index contributed by atoms with van der Waals surface area (Å²) in [5, 5.41) is 2.27. The van der Waals surface area contributed by atoms with Gasteiger partial charge in [0.1, 0.15) is 0 Å². The summed E-state index contributed by atoms with van der Waals surface area (Å²) in [5.41, 5.74) is 0.809. The summed E-state index contributed by atoms with van der Waals surface area (Å²) in [6.45, 7) is 0. The van der Waals surface area contributed by atoms with E-state index >= 15 is 0 Å². The molecule has 0 radical (unpaired) electrons. The van der Waals surface area contributed by atoms with Crippen LogP contribution in [0.5, 0.6) is 0 Å². The molecule has 0 spiro atoms. The van der Waals surface area contributed by atoms with E-state index in [0.717, 1.165) is 18.9 Å². The molecule has 1 heterocycles. The summed E-state index contributed by atoms with van der Waals surface area (Å²) in [6, 6.07) is 3.68. The number of benzene rings is 1. The molecule has 0 N–H and O–H groups in total. The summed E-state index contributed by atoms with van der Waals surface area (Å²) in [6.07, 6.45) is 1.73. The van der Waals surface area contributed by atoms with Gasteiger partial charge in [0.05, 0.1) is 19.1 Å². The van der Waals surface area contributed by atoms with Gasteiger partial charge in [-0.2, -0.15) is 0 Å². The fourth-order valence-corrected chi connectivity index (χ4v) is 2.26. The van der Waals surface area contributed by atoms with E-state index in [1.165, 1.54) is 0 Å². The molecule has 0 bridgehead atoms. The minimum atomic E-state index is 0.641. The molecule has 0 saturated carbocycles. The van der Waals surface area contributed by atoms with E-state index in [9.17, 15) is 0 Å². The molecule has 0 atom stereocenters. The molecule has 0 aliphatic rings. The van der Waals surface area contributed by atoms with Crippen LogP contribution in [0.15, 0.2) is 22.8 Å². The van der Waals surface area contributed by atoms with Crippen molar-refractivity contribution in [3.8, 4) is 0 Å². The van der Waals surface area contributed by atoms with Crippen LogP contribution >= 0.6 is 61.7 Å². The van der Waals surface area contributed by atoms with Crippen molar-refractivity contribution in [1.82, 2.24) is 4.98 Å². The summed E-state index contributed by atoms with van der Waals surface area (Å²) in [4.78, 5) is 4.25. The number of hydrogen-bond acceptors (Lipinski definition) is 1. The van der Waals surface area contributed by atoms with Crippen LogP contribution in [0.25, 0.3) is 10.9 Å². The molecule has 0 unspecified atom stereocenters. The second-order valence-corrected chi connectivity index (χ2v) is 5.51. The number of rotatable bonds is 0. The van der Waals surface area contributed by atoms with Gasteiger partial charge in [-0.1, -0.05) is 23.2 Å². The zero-order valence-corrected chi connectivity index (χ0v) is 11.9. The van der Waals surface area contributed by atoms with E-state index in [1.54, 1.807) is 12.3 Å². The summed E-state index contributed by atoms with van der Waals surface area (Å²) >= 11 is 17.6. The van der Waals surface area contributed by atoms with Crippen LogP contribution in [0.2, 0.25) is 10.0 Å². The maximum absolute atomic E-state index is 6.14. The molecule has 1 aromatic heterocycles. The minimum absolute atomic E-state index is 0.641. The van der Waals surface area contributed by atoms with Crippen LogP contribution in [0.4, 0.5) is 0 Å². The fraction of sp³-hybridized carbons (Fsp3) is 0. The largest absolute Gasteiger partial charge is 0.255 e. The van der Waals surface area contributed by atoms with E-state index in [2.05, 4.69) is 43.5 Å². The first-order valence-corrected chi connectivity index (χ1v) is 6.31. The van der Waals surface area contributed by atoms with Gasteiger partial charge >= 0.3 is 0 Å². The minimum Gasteiger partial charge on any atom is -0.255 e. The number of pyridine rings is 1. The van der Waals surface area contributed by atoms with E-state index in [4.69, 9.17) is 23.2 Å². The van der Waals surface area contributed by atoms with Crippen molar-refractivity contribution in [2.24, 2.45) is 0 Å². The van der Waals surface area contributed by atoms with Gasteiger partial charge in [-0.3, -0.25) is 4.98 Å². The van der Waals surface area contributed by atoms with Gasteiger partial charge in [-0.15, -0.1) is 0 Å². The zero-order valence-electron chi connectivity index (χ0n) is 6.69. The molecule has 1 aromatic carbocycles. The molecule has 5 heteroatoms. The molecule has 0 saturated heterocycles. The highest BCUT2D eigenvalue weighted by molar-refractivity contribution is 14.1. The Morgan fingerprint density at radius 3 is 2.71 bits per heavy atom. The molecular formula is C9H3BrCl2IN. The van der Waals surface area contributed by atoms with Crippen LogP contribution in [-0.4, -0.2) is 4.98 Å². The first-order chi connectivity index (χ1) is 6.59. The van der Waals surface area contributed by atoms with Crippen molar-refractivity contribution >= 4 is 72.6 Å². The van der Waals surface area contributed by atoms with Crippen LogP contribution in [0, 0.1) is 3.57 Å². The average Bonchev–Trinajstić information content (AvgIpc) is 2.15. The Balaban J connectivity index is 2.89. The Kier molecular flexibility index (Phi) is 3.21. The highest BCUT2D eigenvalue weighted by Gasteiger charge is 2.07. The van der Waals surface area contributed by atoms with Crippen molar-refractivity contribution in [1.29, 1.82) is 0 Å². The number of fused-ring (bicyclic) bond motifs is 1. The molecule has 1 nitrogen and oxygen atoms in total. The third kappa shape index (κ3) is 1.87. The molecule has 0 amide bonds. The number of hydrogen-bond donors (Lipinski definition) is 0. The van der Waals surface area contributed by atoms with Crippen LogP contribution in [0.1, 0.15) is 0 Å². The number of nitrogens with zero attached hydrogens (tertiary/aromatic N) is 1. The lowest BCUT2D eigenvalue weighted by atomic mass is 10.2. The van der Waals surface area contributed by atoms with Crippen molar-refractivity contribution < 1.29 is 0 Å². The van der Waals surface area contributed by atoms with Gasteiger partial charge in [0.2, 0.25) is 0 Å². The molecule has 0 fully saturated rings. The lowest BCUT2D eigenvalue weighted by Gasteiger charge is -2.03. The van der Waals surface area contributed by atoms with Crippen LogP contribution < -0.4 is 0 Å². The first-order valence-electron chi connectivity index (χ1n) is 3.68. The summed E-state index contributed by atoms with van der Waals surface area (Å²) < 4.78 is 1.77. The third-order valence-electron chi connectivity index (χ3n) is 1.80. The number of aromatic nitrogens is 1. The quantitative estimate of drug-likeness (QED) is 0.571. The Labute approximate surface area is 113 Å². The molecule has 2 rings (SSSR count). The van der Waals surface area contributed by atoms with Gasteiger partial charge in [-0.05, 0) is 50.7 Å². The lowest BCUT2D eigenvalue weighted by Crippen LogP contribution is -1.84. The molecule has 14 heavy (non-hydrogen) atoms. The second-order valence-electron chi connectivity index (χ2n) is 2.70. The van der Waals surface area contributed by atoms with Crippen molar-refractivity contribution in [3.63, 3.8) is 0 Å². The second kappa shape index (κ2) is 4.12. The summed E-state index contributed by atoms with van der Waals surface area (Å²) in [7, 11) is 0. The highest BCUT2D eigenvalue weighted by Crippen LogP contribution is 2.32. The summed E-state index contributed by atoms with van der Waals surface area (Å²) in [5.74, 6) is 0. The van der Waals surface area contributed by atoms with Gasteiger partial charge in [0.25, 0.3) is 0 Å². The van der Waals surface area contributed by atoms with Crippen molar-refractivity contribution in [2.45, 2.75) is 0 Å². The Bertz CT molecular complexity index is 516. The molecule has 0 aliphatic carbocycles. The van der Waals surface area contributed by atoms with Gasteiger partial charge in [-0.25, -0.2) is 0 Å². The molecule has 0 aliphatic heterocycles. The van der Waals surface area contributed by atoms with Crippen LogP contribution in [-0.2, 0) is 0 Å². The van der Waals surface area contributed by atoms with Crippen LogP contribution in [0.3, 0.4) is 0 Å². The topological polar surface area (TPSA) is 12.9 Å². The maximum atomic E-state index is 6.14. The first kappa shape index (κ1) is 10.9. The molecular weight excluding hydrogens is 400 g/mol. The van der Waals surface area contributed by atoms with Crippen molar-refractivity contribution in [2.75, 3.05) is 0 Å². The van der Waals surface area contributed by atoms with E-state index in [0.29, 0.717) is 10.0 Å². The molecule has 2 aromatic rings. The molecule has 72 valence electrons. The van der Waals surface area contributed by atoms with E-state index < -0.39 is 0 Å². The zero-order chi connectivity index (χ0) is 10.3. The number of halogens is 4. The SMILES string of the molecule is Clc1cc2ncc(I)c(Cl)c2cc1Br.